The summed E-state index contributed by atoms with van der Waals surface area (Å²) >= 11 is 5.54. The zero-order chi connectivity index (χ0) is 14.3. The number of halogens is 3. The molecule has 3 rings (SSSR count). The molecule has 0 bridgehead atoms. The Morgan fingerprint density at radius 2 is 1.80 bits per heavy atom. The highest BCUT2D eigenvalue weighted by Crippen LogP contribution is 2.29. The topological polar surface area (TPSA) is 35.2 Å². The van der Waals surface area contributed by atoms with Crippen LogP contribution in [-0.2, 0) is 18.0 Å². The van der Waals surface area contributed by atoms with Crippen LogP contribution in [0.15, 0.2) is 30.3 Å². The smallest absolute Gasteiger partial charge is 0.142 e. The standard InChI is InChI=1S/C15H12ClF2NO/c16-12-5-13(17)11(4-14(12)18)15(19)8-1-2-9-6-20-7-10(9)3-8/h1-5,15H,6-7,19H2. The highest BCUT2D eigenvalue weighted by atomic mass is 35.5. The zero-order valence-electron chi connectivity index (χ0n) is 10.5. The fraction of sp³-hybridized carbons (Fsp3) is 0.200. The highest BCUT2D eigenvalue weighted by molar-refractivity contribution is 6.30. The molecular weight excluding hydrogens is 284 g/mol. The first-order valence-electron chi connectivity index (χ1n) is 6.15. The van der Waals surface area contributed by atoms with Crippen molar-refractivity contribution < 1.29 is 13.5 Å². The van der Waals surface area contributed by atoms with Gasteiger partial charge in [-0.1, -0.05) is 29.8 Å². The number of rotatable bonds is 2. The fourth-order valence-corrected chi connectivity index (χ4v) is 2.49. The second-order valence-corrected chi connectivity index (χ2v) is 5.19. The molecule has 2 aromatic rings. The van der Waals surface area contributed by atoms with Crippen molar-refractivity contribution >= 4 is 11.6 Å². The first-order chi connectivity index (χ1) is 9.56. The average Bonchev–Trinajstić information content (AvgIpc) is 2.89. The van der Waals surface area contributed by atoms with Gasteiger partial charge in [-0.05, 0) is 28.8 Å². The van der Waals surface area contributed by atoms with Crippen LogP contribution in [0.2, 0.25) is 5.02 Å². The Balaban J connectivity index is 2.00. The summed E-state index contributed by atoms with van der Waals surface area (Å²) < 4.78 is 32.7. The molecule has 0 aliphatic carbocycles. The maximum absolute atomic E-state index is 13.9. The first kappa shape index (κ1) is 13.5. The summed E-state index contributed by atoms with van der Waals surface area (Å²) in [5.74, 6) is -1.29. The van der Waals surface area contributed by atoms with Crippen molar-refractivity contribution in [1.29, 1.82) is 0 Å². The minimum Gasteiger partial charge on any atom is -0.372 e. The molecule has 0 radical (unpaired) electrons. The Bertz CT molecular complexity index is 675. The molecule has 104 valence electrons. The fourth-order valence-electron chi connectivity index (χ4n) is 2.34. The van der Waals surface area contributed by atoms with E-state index in [1.807, 2.05) is 18.2 Å². The molecule has 1 unspecified atom stereocenters. The maximum atomic E-state index is 13.9. The molecule has 5 heteroatoms. The van der Waals surface area contributed by atoms with Crippen LogP contribution in [0, 0.1) is 11.6 Å². The molecule has 0 fully saturated rings. The predicted octanol–water partition coefficient (Wildman–Crippen LogP) is 3.70. The lowest BCUT2D eigenvalue weighted by Crippen LogP contribution is -2.14. The number of hydrogen-bond acceptors (Lipinski definition) is 2. The van der Waals surface area contributed by atoms with Crippen LogP contribution >= 0.6 is 11.6 Å². The van der Waals surface area contributed by atoms with E-state index in [0.717, 1.165) is 28.8 Å². The Morgan fingerprint density at radius 3 is 2.60 bits per heavy atom. The summed E-state index contributed by atoms with van der Waals surface area (Å²) in [5, 5.41) is -0.249. The van der Waals surface area contributed by atoms with Crippen LogP contribution in [0.5, 0.6) is 0 Å². The van der Waals surface area contributed by atoms with Crippen molar-refractivity contribution in [3.63, 3.8) is 0 Å². The van der Waals surface area contributed by atoms with Crippen LogP contribution in [0.25, 0.3) is 0 Å². The lowest BCUT2D eigenvalue weighted by atomic mass is 9.96. The van der Waals surface area contributed by atoms with Gasteiger partial charge in [0.25, 0.3) is 0 Å². The molecule has 1 atom stereocenters. The third-order valence-corrected chi connectivity index (χ3v) is 3.77. The summed E-state index contributed by atoms with van der Waals surface area (Å²) in [6.07, 6.45) is 0. The molecule has 2 N–H and O–H groups in total. The van der Waals surface area contributed by atoms with Crippen molar-refractivity contribution in [2.24, 2.45) is 5.73 Å². The highest BCUT2D eigenvalue weighted by Gasteiger charge is 2.19. The Hall–Kier alpha value is -1.49. The van der Waals surface area contributed by atoms with Crippen molar-refractivity contribution in [2.45, 2.75) is 19.3 Å². The molecule has 0 saturated carbocycles. The van der Waals surface area contributed by atoms with E-state index in [1.54, 1.807) is 0 Å². The molecule has 0 amide bonds. The van der Waals surface area contributed by atoms with E-state index in [4.69, 9.17) is 22.1 Å². The van der Waals surface area contributed by atoms with Crippen LogP contribution < -0.4 is 5.73 Å². The van der Waals surface area contributed by atoms with Crippen molar-refractivity contribution in [2.75, 3.05) is 0 Å². The normalized spacial score (nSPS) is 15.2. The summed E-state index contributed by atoms with van der Waals surface area (Å²) in [7, 11) is 0. The molecule has 1 aliphatic heterocycles. The Labute approximate surface area is 120 Å². The number of ether oxygens (including phenoxy) is 1. The second-order valence-electron chi connectivity index (χ2n) is 4.79. The second kappa shape index (κ2) is 5.13. The number of fused-ring (bicyclic) bond motifs is 1. The van der Waals surface area contributed by atoms with Crippen LogP contribution in [0.1, 0.15) is 28.3 Å². The Kier molecular flexibility index (Phi) is 3.46. The molecular formula is C15H12ClF2NO. The quantitative estimate of drug-likeness (QED) is 0.858. The van der Waals surface area contributed by atoms with Gasteiger partial charge in [0.2, 0.25) is 0 Å². The van der Waals surface area contributed by atoms with Gasteiger partial charge in [0.05, 0.1) is 24.3 Å². The minimum absolute atomic E-state index is 0.0887. The zero-order valence-corrected chi connectivity index (χ0v) is 11.3. The van der Waals surface area contributed by atoms with E-state index in [1.165, 1.54) is 0 Å². The molecule has 0 aromatic heterocycles. The van der Waals surface area contributed by atoms with Crippen molar-refractivity contribution in [3.8, 4) is 0 Å². The predicted molar refractivity (Wildman–Crippen MR) is 72.3 cm³/mol. The van der Waals surface area contributed by atoms with E-state index < -0.39 is 17.7 Å². The molecule has 2 nitrogen and oxygen atoms in total. The van der Waals surface area contributed by atoms with E-state index >= 15 is 0 Å². The molecule has 0 saturated heterocycles. The van der Waals surface area contributed by atoms with Gasteiger partial charge < -0.3 is 10.5 Å². The van der Waals surface area contributed by atoms with Gasteiger partial charge in [-0.25, -0.2) is 8.78 Å². The lowest BCUT2D eigenvalue weighted by molar-refractivity contribution is 0.134. The maximum Gasteiger partial charge on any atom is 0.142 e. The van der Waals surface area contributed by atoms with Gasteiger partial charge >= 0.3 is 0 Å². The molecule has 1 heterocycles. The Morgan fingerprint density at radius 1 is 1.05 bits per heavy atom. The van der Waals surface area contributed by atoms with Gasteiger partial charge in [0, 0.05) is 5.56 Å². The van der Waals surface area contributed by atoms with Crippen molar-refractivity contribution in [1.82, 2.24) is 0 Å². The molecule has 0 spiro atoms. The number of hydrogen-bond donors (Lipinski definition) is 1. The monoisotopic (exact) mass is 295 g/mol. The average molecular weight is 296 g/mol. The largest absolute Gasteiger partial charge is 0.372 e. The van der Waals surface area contributed by atoms with Gasteiger partial charge in [-0.2, -0.15) is 0 Å². The van der Waals surface area contributed by atoms with E-state index in [9.17, 15) is 8.78 Å². The number of nitrogens with two attached hydrogens (primary N) is 1. The molecule has 2 aromatic carbocycles. The van der Waals surface area contributed by atoms with Crippen LogP contribution in [0.3, 0.4) is 0 Å². The van der Waals surface area contributed by atoms with E-state index in [0.29, 0.717) is 13.2 Å². The third kappa shape index (κ3) is 2.30. The number of benzene rings is 2. The summed E-state index contributed by atoms with van der Waals surface area (Å²) in [4.78, 5) is 0. The summed E-state index contributed by atoms with van der Waals surface area (Å²) in [6, 6.07) is 6.84. The SMILES string of the molecule is NC(c1ccc2c(c1)COC2)c1cc(F)c(Cl)cc1F. The molecule has 20 heavy (non-hydrogen) atoms. The van der Waals surface area contributed by atoms with E-state index in [-0.39, 0.29) is 10.6 Å². The van der Waals surface area contributed by atoms with Crippen LogP contribution in [-0.4, -0.2) is 0 Å². The van der Waals surface area contributed by atoms with E-state index in [2.05, 4.69) is 0 Å². The first-order valence-corrected chi connectivity index (χ1v) is 6.53. The van der Waals surface area contributed by atoms with Gasteiger partial charge in [0.15, 0.2) is 0 Å². The summed E-state index contributed by atoms with van der Waals surface area (Å²) in [6.45, 7) is 1.10. The summed E-state index contributed by atoms with van der Waals surface area (Å²) in [5.41, 5.74) is 8.98. The van der Waals surface area contributed by atoms with Gasteiger partial charge in [-0.15, -0.1) is 0 Å². The van der Waals surface area contributed by atoms with Gasteiger partial charge in [-0.3, -0.25) is 0 Å². The minimum atomic E-state index is -0.743. The lowest BCUT2D eigenvalue weighted by Gasteiger charge is -2.15. The third-order valence-electron chi connectivity index (χ3n) is 3.48. The van der Waals surface area contributed by atoms with Gasteiger partial charge in [0.1, 0.15) is 11.6 Å². The molecule has 1 aliphatic rings. The van der Waals surface area contributed by atoms with Crippen molar-refractivity contribution in [3.05, 3.63) is 69.2 Å². The van der Waals surface area contributed by atoms with Crippen LogP contribution in [0.4, 0.5) is 8.78 Å².